The molecule has 3 nitrogen and oxygen atoms in total. The van der Waals surface area contributed by atoms with Gasteiger partial charge in [0, 0.05) is 17.3 Å². The van der Waals surface area contributed by atoms with Crippen molar-refractivity contribution in [2.45, 2.75) is 46.0 Å². The highest BCUT2D eigenvalue weighted by Crippen LogP contribution is 2.24. The van der Waals surface area contributed by atoms with Crippen LogP contribution in [0.25, 0.3) is 11.2 Å². The summed E-state index contributed by atoms with van der Waals surface area (Å²) in [6.07, 6.45) is 1.87. The van der Waals surface area contributed by atoms with Crippen LogP contribution < -0.4 is 0 Å². The number of nitrogens with one attached hydrogen (secondary N) is 1. The van der Waals surface area contributed by atoms with Crippen LogP contribution in [-0.2, 0) is 5.41 Å². The van der Waals surface area contributed by atoms with Crippen molar-refractivity contribution in [1.29, 1.82) is 0 Å². The fourth-order valence-electron chi connectivity index (χ4n) is 1.59. The van der Waals surface area contributed by atoms with Crippen molar-refractivity contribution in [1.82, 2.24) is 15.0 Å². The quantitative estimate of drug-likeness (QED) is 0.795. The largest absolute Gasteiger partial charge is 0.341 e. The van der Waals surface area contributed by atoms with Gasteiger partial charge in [0.25, 0.3) is 0 Å². The van der Waals surface area contributed by atoms with Gasteiger partial charge in [-0.1, -0.05) is 34.6 Å². The maximum absolute atomic E-state index is 4.59. The first kappa shape index (κ1) is 11.1. The highest BCUT2D eigenvalue weighted by atomic mass is 14.9. The molecule has 0 aliphatic rings. The number of fused-ring (bicyclic) bond motifs is 1. The number of nitrogens with zero attached hydrogens (tertiary/aromatic N) is 2. The Balaban J connectivity index is 2.54. The Morgan fingerprint density at radius 2 is 1.94 bits per heavy atom. The van der Waals surface area contributed by atoms with E-state index < -0.39 is 0 Å². The molecule has 2 rings (SSSR count). The molecule has 0 spiro atoms. The van der Waals surface area contributed by atoms with Crippen molar-refractivity contribution in [2.24, 2.45) is 0 Å². The summed E-state index contributed by atoms with van der Waals surface area (Å²) in [6.45, 7) is 10.8. The second-order valence-electron chi connectivity index (χ2n) is 5.62. The Bertz CT molecular complexity index is 503. The molecular weight excluding hydrogens is 198 g/mol. The summed E-state index contributed by atoms with van der Waals surface area (Å²) in [5, 5.41) is 0. The van der Waals surface area contributed by atoms with E-state index in [1.807, 2.05) is 6.20 Å². The lowest BCUT2D eigenvalue weighted by atomic mass is 9.93. The van der Waals surface area contributed by atoms with E-state index in [0.717, 1.165) is 16.9 Å². The zero-order chi connectivity index (χ0) is 11.9. The molecule has 0 radical (unpaired) electrons. The molecule has 0 aliphatic heterocycles. The lowest BCUT2D eigenvalue weighted by Gasteiger charge is -2.15. The van der Waals surface area contributed by atoms with Crippen molar-refractivity contribution >= 4 is 11.2 Å². The summed E-state index contributed by atoms with van der Waals surface area (Å²) < 4.78 is 0. The summed E-state index contributed by atoms with van der Waals surface area (Å²) in [7, 11) is 0. The van der Waals surface area contributed by atoms with Gasteiger partial charge >= 0.3 is 0 Å². The molecule has 0 fully saturated rings. The van der Waals surface area contributed by atoms with E-state index in [-0.39, 0.29) is 5.41 Å². The Kier molecular flexibility index (Phi) is 2.49. The number of aromatic amines is 1. The van der Waals surface area contributed by atoms with Crippen LogP contribution in [0.3, 0.4) is 0 Å². The predicted octanol–water partition coefficient (Wildman–Crippen LogP) is 3.38. The first-order chi connectivity index (χ1) is 7.38. The van der Waals surface area contributed by atoms with E-state index >= 15 is 0 Å². The molecule has 2 aromatic heterocycles. The molecule has 0 saturated carbocycles. The van der Waals surface area contributed by atoms with Gasteiger partial charge in [0.1, 0.15) is 5.52 Å². The number of rotatable bonds is 1. The fourth-order valence-corrected chi connectivity index (χ4v) is 1.59. The number of aromatic nitrogens is 3. The summed E-state index contributed by atoms with van der Waals surface area (Å²) in [5.41, 5.74) is 4.18. The van der Waals surface area contributed by atoms with Crippen LogP contribution in [0.15, 0.2) is 12.3 Å². The molecule has 2 heterocycles. The molecule has 0 atom stereocenters. The van der Waals surface area contributed by atoms with Gasteiger partial charge in [-0.3, -0.25) is 4.98 Å². The number of hydrogen-bond donors (Lipinski definition) is 1. The maximum Gasteiger partial charge on any atom is 0.156 e. The van der Waals surface area contributed by atoms with Gasteiger partial charge < -0.3 is 4.98 Å². The maximum atomic E-state index is 4.59. The van der Waals surface area contributed by atoms with E-state index in [0.29, 0.717) is 5.92 Å². The van der Waals surface area contributed by atoms with Gasteiger partial charge in [-0.05, 0) is 12.0 Å². The zero-order valence-corrected chi connectivity index (χ0v) is 10.6. The lowest BCUT2D eigenvalue weighted by Crippen LogP contribution is -2.11. The minimum absolute atomic E-state index is 0.111. The van der Waals surface area contributed by atoms with Crippen molar-refractivity contribution < 1.29 is 0 Å². The first-order valence-electron chi connectivity index (χ1n) is 5.74. The average Bonchev–Trinajstić information content (AvgIpc) is 2.58. The Labute approximate surface area is 96.3 Å². The van der Waals surface area contributed by atoms with Crippen molar-refractivity contribution in [3.63, 3.8) is 0 Å². The normalized spacial score (nSPS) is 12.6. The smallest absolute Gasteiger partial charge is 0.156 e. The van der Waals surface area contributed by atoms with Gasteiger partial charge in [0.15, 0.2) is 5.65 Å². The zero-order valence-electron chi connectivity index (χ0n) is 10.6. The van der Waals surface area contributed by atoms with Gasteiger partial charge in [0.2, 0.25) is 0 Å². The van der Waals surface area contributed by atoms with E-state index in [4.69, 9.17) is 0 Å². The second kappa shape index (κ2) is 3.58. The monoisotopic (exact) mass is 217 g/mol. The topological polar surface area (TPSA) is 41.6 Å². The van der Waals surface area contributed by atoms with Crippen LogP contribution in [0.2, 0.25) is 0 Å². The molecular formula is C13H19N3. The summed E-state index contributed by atoms with van der Waals surface area (Å²) >= 11 is 0. The molecule has 0 unspecified atom stereocenters. The van der Waals surface area contributed by atoms with E-state index in [2.05, 4.69) is 55.6 Å². The van der Waals surface area contributed by atoms with E-state index in [9.17, 15) is 0 Å². The molecule has 16 heavy (non-hydrogen) atoms. The third-order valence-electron chi connectivity index (χ3n) is 2.75. The second-order valence-corrected chi connectivity index (χ2v) is 5.62. The third kappa shape index (κ3) is 1.94. The van der Waals surface area contributed by atoms with Crippen LogP contribution in [0, 0.1) is 0 Å². The van der Waals surface area contributed by atoms with Crippen molar-refractivity contribution in [2.75, 3.05) is 0 Å². The van der Waals surface area contributed by atoms with Crippen molar-refractivity contribution in [3.05, 3.63) is 23.7 Å². The highest BCUT2D eigenvalue weighted by Gasteiger charge is 2.17. The van der Waals surface area contributed by atoms with Crippen molar-refractivity contribution in [3.8, 4) is 0 Å². The molecule has 0 amide bonds. The minimum atomic E-state index is 0.111. The van der Waals surface area contributed by atoms with E-state index in [1.54, 1.807) is 0 Å². The van der Waals surface area contributed by atoms with E-state index in [1.165, 1.54) is 5.69 Å². The highest BCUT2D eigenvalue weighted by molar-refractivity contribution is 5.72. The SMILES string of the molecule is CC(C)c1cnc2cc(C(C)(C)C)[nH]c2n1. The van der Waals surface area contributed by atoms with Crippen LogP contribution in [-0.4, -0.2) is 15.0 Å². The third-order valence-corrected chi connectivity index (χ3v) is 2.75. The molecule has 0 aromatic carbocycles. The molecule has 0 saturated heterocycles. The lowest BCUT2D eigenvalue weighted by molar-refractivity contribution is 0.574. The number of H-pyrrole nitrogens is 1. The van der Waals surface area contributed by atoms with Crippen LogP contribution in [0.1, 0.15) is 51.9 Å². The van der Waals surface area contributed by atoms with Gasteiger partial charge in [-0.15, -0.1) is 0 Å². The summed E-state index contributed by atoms with van der Waals surface area (Å²) in [6, 6.07) is 2.09. The molecule has 1 N–H and O–H groups in total. The standard InChI is InChI=1S/C13H19N3/c1-8(2)10-7-14-9-6-11(13(3,4)5)16-12(9)15-10/h6-8H,1-5H3,(H,15,16). The fraction of sp³-hybridized carbons (Fsp3) is 0.538. The molecule has 3 heteroatoms. The molecule has 0 bridgehead atoms. The van der Waals surface area contributed by atoms with Gasteiger partial charge in [-0.2, -0.15) is 0 Å². The Morgan fingerprint density at radius 1 is 1.25 bits per heavy atom. The summed E-state index contributed by atoms with van der Waals surface area (Å²) in [5.74, 6) is 0.415. The van der Waals surface area contributed by atoms with Crippen LogP contribution >= 0.6 is 0 Å². The first-order valence-corrected chi connectivity index (χ1v) is 5.74. The molecule has 0 aliphatic carbocycles. The van der Waals surface area contributed by atoms with Crippen LogP contribution in [0.5, 0.6) is 0 Å². The summed E-state index contributed by atoms with van der Waals surface area (Å²) in [4.78, 5) is 12.4. The van der Waals surface area contributed by atoms with Gasteiger partial charge in [0.05, 0.1) is 5.69 Å². The molecule has 86 valence electrons. The average molecular weight is 217 g/mol. The Morgan fingerprint density at radius 3 is 2.50 bits per heavy atom. The Hall–Kier alpha value is -1.38. The molecule has 2 aromatic rings. The minimum Gasteiger partial charge on any atom is -0.341 e. The van der Waals surface area contributed by atoms with Crippen LogP contribution in [0.4, 0.5) is 0 Å². The van der Waals surface area contributed by atoms with Gasteiger partial charge in [-0.25, -0.2) is 4.98 Å². The number of hydrogen-bond acceptors (Lipinski definition) is 2. The predicted molar refractivity (Wildman–Crippen MR) is 66.7 cm³/mol.